The lowest BCUT2D eigenvalue weighted by atomic mass is 10.2. The van der Waals surface area contributed by atoms with Crippen molar-refractivity contribution in [2.45, 2.75) is 23.8 Å². The summed E-state index contributed by atoms with van der Waals surface area (Å²) in [7, 11) is 0. The maximum absolute atomic E-state index is 13.1. The number of aromatic nitrogens is 1. The van der Waals surface area contributed by atoms with E-state index in [4.69, 9.17) is 5.11 Å². The molecule has 1 heterocycles. The molecule has 0 bridgehead atoms. The number of carbonyl (C=O) groups is 1. The Morgan fingerprint density at radius 3 is 2.63 bits per heavy atom. The van der Waals surface area contributed by atoms with Crippen molar-refractivity contribution in [3.8, 4) is 0 Å². The van der Waals surface area contributed by atoms with E-state index in [1.165, 1.54) is 23.9 Å². The molecule has 0 fully saturated rings. The van der Waals surface area contributed by atoms with Crippen LogP contribution in [0.2, 0.25) is 0 Å². The summed E-state index contributed by atoms with van der Waals surface area (Å²) in [6.45, 7) is 3.82. The van der Waals surface area contributed by atoms with Gasteiger partial charge in [-0.2, -0.15) is 0 Å². The highest BCUT2D eigenvalue weighted by atomic mass is 32.2. The number of aromatic carboxylic acids is 1. The average molecular weight is 277 g/mol. The first kappa shape index (κ1) is 13.5. The highest BCUT2D eigenvalue weighted by Crippen LogP contribution is 2.30. The molecule has 0 radical (unpaired) electrons. The van der Waals surface area contributed by atoms with Gasteiger partial charge in [0.15, 0.2) is 0 Å². The maximum Gasteiger partial charge on any atom is 0.336 e. The molecule has 98 valence electrons. The summed E-state index contributed by atoms with van der Waals surface area (Å²) in [6, 6.07) is 7.53. The molecule has 0 aliphatic rings. The fourth-order valence-corrected chi connectivity index (χ4v) is 2.78. The van der Waals surface area contributed by atoms with Crippen molar-refractivity contribution in [1.29, 1.82) is 0 Å². The Morgan fingerprint density at radius 1 is 1.26 bits per heavy atom. The van der Waals surface area contributed by atoms with E-state index in [-0.39, 0.29) is 5.56 Å². The lowest BCUT2D eigenvalue weighted by Crippen LogP contribution is -2.00. The van der Waals surface area contributed by atoms with Gasteiger partial charge in [-0.15, -0.1) is 0 Å². The Bertz CT molecular complexity index is 623. The van der Waals surface area contributed by atoms with Gasteiger partial charge in [0.2, 0.25) is 0 Å². The highest BCUT2D eigenvalue weighted by Gasteiger charge is 2.13. The molecular weight excluding hydrogens is 265 g/mol. The van der Waals surface area contributed by atoms with Crippen LogP contribution in [-0.4, -0.2) is 16.1 Å². The molecule has 1 aromatic carbocycles. The number of hydrogen-bond donors (Lipinski definition) is 1. The van der Waals surface area contributed by atoms with E-state index in [9.17, 15) is 9.18 Å². The second kappa shape index (κ2) is 5.40. The van der Waals surface area contributed by atoms with Gasteiger partial charge in [-0.1, -0.05) is 11.8 Å². The molecule has 0 atom stereocenters. The third kappa shape index (κ3) is 3.32. The van der Waals surface area contributed by atoms with Gasteiger partial charge in [-0.25, -0.2) is 14.2 Å². The molecule has 0 amide bonds. The first-order valence-corrected chi connectivity index (χ1v) is 6.43. The molecule has 1 aromatic heterocycles. The predicted molar refractivity (Wildman–Crippen MR) is 71.2 cm³/mol. The van der Waals surface area contributed by atoms with Crippen LogP contribution in [0.3, 0.4) is 0 Å². The van der Waals surface area contributed by atoms with Gasteiger partial charge < -0.3 is 5.11 Å². The average Bonchev–Trinajstić information content (AvgIpc) is 2.30. The quantitative estimate of drug-likeness (QED) is 0.929. The van der Waals surface area contributed by atoms with Crippen LogP contribution < -0.4 is 0 Å². The molecule has 0 aliphatic heterocycles. The van der Waals surface area contributed by atoms with E-state index in [0.29, 0.717) is 9.92 Å². The Kier molecular flexibility index (Phi) is 3.85. The van der Waals surface area contributed by atoms with Gasteiger partial charge in [-0.3, -0.25) is 0 Å². The number of hydrogen-bond acceptors (Lipinski definition) is 3. The van der Waals surface area contributed by atoms with E-state index in [0.717, 1.165) is 17.3 Å². The van der Waals surface area contributed by atoms with Crippen molar-refractivity contribution in [3.63, 3.8) is 0 Å². The maximum atomic E-state index is 13.1. The zero-order chi connectivity index (χ0) is 14.0. The highest BCUT2D eigenvalue weighted by molar-refractivity contribution is 7.99. The standard InChI is InChI=1S/C14H12FNO2S/c1-8-5-9(2)16-13(6-8)19-12-4-3-10(15)7-11(12)14(17)18/h3-7H,1-2H3,(H,17,18). The van der Waals surface area contributed by atoms with Crippen LogP contribution in [0, 0.1) is 19.7 Å². The minimum absolute atomic E-state index is 0.0500. The van der Waals surface area contributed by atoms with E-state index >= 15 is 0 Å². The summed E-state index contributed by atoms with van der Waals surface area (Å²) in [5.41, 5.74) is 1.86. The van der Waals surface area contributed by atoms with Crippen LogP contribution in [0.4, 0.5) is 4.39 Å². The number of carboxylic acid groups (broad SMARTS) is 1. The summed E-state index contributed by atoms with van der Waals surface area (Å²) < 4.78 is 13.1. The second-order valence-corrected chi connectivity index (χ2v) is 5.23. The van der Waals surface area contributed by atoms with Crippen molar-refractivity contribution in [1.82, 2.24) is 4.98 Å². The molecular formula is C14H12FNO2S. The van der Waals surface area contributed by atoms with Gasteiger partial charge in [-0.05, 0) is 49.7 Å². The van der Waals surface area contributed by atoms with Gasteiger partial charge in [0, 0.05) is 10.6 Å². The Balaban J connectivity index is 2.40. The predicted octanol–water partition coefficient (Wildman–Crippen LogP) is 3.69. The Hall–Kier alpha value is -1.88. The number of rotatable bonds is 3. The fourth-order valence-electron chi connectivity index (χ4n) is 1.73. The summed E-state index contributed by atoms with van der Waals surface area (Å²) in [5, 5.41) is 9.78. The smallest absolute Gasteiger partial charge is 0.336 e. The van der Waals surface area contributed by atoms with Crippen LogP contribution in [-0.2, 0) is 0 Å². The molecule has 1 N–H and O–H groups in total. The molecule has 0 saturated heterocycles. The SMILES string of the molecule is Cc1cc(C)nc(Sc2ccc(F)cc2C(=O)O)c1. The molecule has 0 unspecified atom stereocenters. The van der Waals surface area contributed by atoms with Crippen LogP contribution in [0.25, 0.3) is 0 Å². The number of nitrogens with zero attached hydrogens (tertiary/aromatic N) is 1. The van der Waals surface area contributed by atoms with Crippen LogP contribution >= 0.6 is 11.8 Å². The van der Waals surface area contributed by atoms with Crippen molar-refractivity contribution >= 4 is 17.7 Å². The van der Waals surface area contributed by atoms with E-state index < -0.39 is 11.8 Å². The van der Waals surface area contributed by atoms with E-state index in [1.807, 2.05) is 26.0 Å². The Labute approximate surface area is 114 Å². The molecule has 3 nitrogen and oxygen atoms in total. The second-order valence-electron chi connectivity index (χ2n) is 4.17. The molecule has 19 heavy (non-hydrogen) atoms. The first-order chi connectivity index (χ1) is 8.95. The van der Waals surface area contributed by atoms with Crippen molar-refractivity contribution in [2.75, 3.05) is 0 Å². The summed E-state index contributed by atoms with van der Waals surface area (Å²) >= 11 is 1.22. The normalized spacial score (nSPS) is 10.5. The zero-order valence-corrected chi connectivity index (χ0v) is 11.3. The fraction of sp³-hybridized carbons (Fsp3) is 0.143. The van der Waals surface area contributed by atoms with Gasteiger partial charge in [0.25, 0.3) is 0 Å². The summed E-state index contributed by atoms with van der Waals surface area (Å²) in [6.07, 6.45) is 0. The third-order valence-corrected chi connectivity index (χ3v) is 3.45. The van der Waals surface area contributed by atoms with Crippen molar-refractivity contribution < 1.29 is 14.3 Å². The summed E-state index contributed by atoms with van der Waals surface area (Å²) in [4.78, 5) is 15.9. The van der Waals surface area contributed by atoms with Crippen LogP contribution in [0.5, 0.6) is 0 Å². The molecule has 0 spiro atoms. The first-order valence-electron chi connectivity index (χ1n) is 5.61. The number of halogens is 1. The van der Waals surface area contributed by atoms with Gasteiger partial charge in [0.1, 0.15) is 10.8 Å². The van der Waals surface area contributed by atoms with Crippen molar-refractivity contribution in [2.24, 2.45) is 0 Å². The number of aryl methyl sites for hydroxylation is 2. The monoisotopic (exact) mass is 277 g/mol. The van der Waals surface area contributed by atoms with Crippen molar-refractivity contribution in [3.05, 3.63) is 53.0 Å². The third-order valence-electron chi connectivity index (χ3n) is 2.46. The Morgan fingerprint density at radius 2 is 2.00 bits per heavy atom. The molecule has 0 saturated carbocycles. The summed E-state index contributed by atoms with van der Waals surface area (Å²) in [5.74, 6) is -1.71. The topological polar surface area (TPSA) is 50.2 Å². The van der Waals surface area contributed by atoms with Crippen LogP contribution in [0.15, 0.2) is 40.3 Å². The number of carboxylic acids is 1. The molecule has 2 aromatic rings. The number of benzene rings is 1. The van der Waals surface area contributed by atoms with Crippen LogP contribution in [0.1, 0.15) is 21.6 Å². The van der Waals surface area contributed by atoms with Gasteiger partial charge in [0.05, 0.1) is 5.56 Å². The largest absolute Gasteiger partial charge is 0.478 e. The minimum Gasteiger partial charge on any atom is -0.478 e. The van der Waals surface area contributed by atoms with E-state index in [1.54, 1.807) is 0 Å². The molecule has 0 aliphatic carbocycles. The molecule has 5 heteroatoms. The zero-order valence-electron chi connectivity index (χ0n) is 10.5. The van der Waals surface area contributed by atoms with Gasteiger partial charge >= 0.3 is 5.97 Å². The lowest BCUT2D eigenvalue weighted by Gasteiger charge is -2.07. The lowest BCUT2D eigenvalue weighted by molar-refractivity contribution is 0.0692. The minimum atomic E-state index is -1.15. The van der Waals surface area contributed by atoms with E-state index in [2.05, 4.69) is 4.98 Å². The molecule has 2 rings (SSSR count). The number of pyridine rings is 1.